The van der Waals surface area contributed by atoms with Crippen molar-refractivity contribution in [1.82, 2.24) is 5.32 Å². The highest BCUT2D eigenvalue weighted by atomic mass is 15.1. The molecule has 0 bridgehead atoms. The van der Waals surface area contributed by atoms with Crippen LogP contribution in [0, 0.1) is 0 Å². The molecule has 1 aromatic rings. The summed E-state index contributed by atoms with van der Waals surface area (Å²) in [6.45, 7) is 11.9. The van der Waals surface area contributed by atoms with Crippen LogP contribution in [0.15, 0.2) is 29.8 Å². The molecule has 2 rings (SSSR count). The fourth-order valence-electron chi connectivity index (χ4n) is 2.67. The highest BCUT2D eigenvalue weighted by Crippen LogP contribution is 2.30. The summed E-state index contributed by atoms with van der Waals surface area (Å²) in [6, 6.07) is 7.39. The maximum Gasteiger partial charge on any atom is 0.0402 e. The minimum absolute atomic E-state index is 0.446. The molecule has 1 atom stereocenters. The van der Waals surface area contributed by atoms with Crippen LogP contribution in [0.25, 0.3) is 0 Å². The smallest absolute Gasteiger partial charge is 0.0402 e. The molecule has 0 spiro atoms. The Balaban J connectivity index is 2.13. The van der Waals surface area contributed by atoms with Gasteiger partial charge in [0.25, 0.3) is 0 Å². The fourth-order valence-corrected chi connectivity index (χ4v) is 2.67. The summed E-state index contributed by atoms with van der Waals surface area (Å²) >= 11 is 0. The SMILES string of the molecule is CCNC(C)c1ccc2c(c1)CCN2CC=C(C)C. The average Bonchev–Trinajstić information content (AvgIpc) is 2.78. The molecule has 1 aliphatic heterocycles. The van der Waals surface area contributed by atoms with Crippen molar-refractivity contribution in [1.29, 1.82) is 0 Å². The van der Waals surface area contributed by atoms with Crippen LogP contribution in [0.1, 0.15) is 44.9 Å². The topological polar surface area (TPSA) is 15.3 Å². The normalized spacial score (nSPS) is 15.3. The van der Waals surface area contributed by atoms with Crippen LogP contribution in [0.4, 0.5) is 5.69 Å². The molecule has 1 heterocycles. The Morgan fingerprint density at radius 1 is 1.42 bits per heavy atom. The first-order chi connectivity index (χ1) is 9.11. The van der Waals surface area contributed by atoms with E-state index in [1.54, 1.807) is 0 Å². The van der Waals surface area contributed by atoms with Crippen molar-refractivity contribution < 1.29 is 0 Å². The van der Waals surface area contributed by atoms with E-state index in [1.807, 2.05) is 0 Å². The van der Waals surface area contributed by atoms with Crippen molar-refractivity contribution in [2.45, 2.75) is 40.2 Å². The van der Waals surface area contributed by atoms with E-state index in [-0.39, 0.29) is 0 Å². The third-order valence-corrected chi connectivity index (χ3v) is 3.83. The van der Waals surface area contributed by atoms with Gasteiger partial charge in [-0.2, -0.15) is 0 Å². The Morgan fingerprint density at radius 3 is 2.89 bits per heavy atom. The number of hydrogen-bond acceptors (Lipinski definition) is 2. The van der Waals surface area contributed by atoms with Gasteiger partial charge in [0.05, 0.1) is 0 Å². The maximum absolute atomic E-state index is 3.48. The van der Waals surface area contributed by atoms with Gasteiger partial charge in [0.2, 0.25) is 0 Å². The van der Waals surface area contributed by atoms with E-state index in [2.05, 4.69) is 62.2 Å². The Labute approximate surface area is 117 Å². The molecule has 1 N–H and O–H groups in total. The zero-order valence-corrected chi connectivity index (χ0v) is 12.7. The summed E-state index contributed by atoms with van der Waals surface area (Å²) < 4.78 is 0. The molecular formula is C17H26N2. The van der Waals surface area contributed by atoms with Crippen LogP contribution in [0.5, 0.6) is 0 Å². The van der Waals surface area contributed by atoms with Gasteiger partial charge in [0.1, 0.15) is 0 Å². The number of rotatable bonds is 5. The predicted molar refractivity (Wildman–Crippen MR) is 83.9 cm³/mol. The van der Waals surface area contributed by atoms with E-state index in [4.69, 9.17) is 0 Å². The summed E-state index contributed by atoms with van der Waals surface area (Å²) in [6.07, 6.45) is 3.49. The van der Waals surface area contributed by atoms with Crippen LogP contribution in [-0.2, 0) is 6.42 Å². The third-order valence-electron chi connectivity index (χ3n) is 3.83. The molecule has 0 aromatic heterocycles. The van der Waals surface area contributed by atoms with Crippen LogP contribution in [-0.4, -0.2) is 19.6 Å². The highest BCUT2D eigenvalue weighted by molar-refractivity contribution is 5.59. The number of benzene rings is 1. The van der Waals surface area contributed by atoms with Crippen LogP contribution >= 0.6 is 0 Å². The van der Waals surface area contributed by atoms with Crippen LogP contribution < -0.4 is 10.2 Å². The molecule has 104 valence electrons. The second-order valence-electron chi connectivity index (χ2n) is 5.65. The lowest BCUT2D eigenvalue weighted by Crippen LogP contribution is -2.20. The van der Waals surface area contributed by atoms with E-state index in [0.717, 1.165) is 19.6 Å². The summed E-state index contributed by atoms with van der Waals surface area (Å²) in [4.78, 5) is 2.48. The largest absolute Gasteiger partial charge is 0.367 e. The van der Waals surface area contributed by atoms with Gasteiger partial charge in [-0.15, -0.1) is 0 Å². The Hall–Kier alpha value is -1.28. The molecule has 0 fully saturated rings. The summed E-state index contributed by atoms with van der Waals surface area (Å²) in [7, 11) is 0. The van der Waals surface area contributed by atoms with Crippen LogP contribution in [0.3, 0.4) is 0 Å². The van der Waals surface area contributed by atoms with Crippen molar-refractivity contribution in [3.8, 4) is 0 Å². The minimum atomic E-state index is 0.446. The van der Waals surface area contributed by atoms with Gasteiger partial charge in [0, 0.05) is 24.8 Å². The summed E-state index contributed by atoms with van der Waals surface area (Å²) in [5.74, 6) is 0. The molecule has 1 unspecified atom stereocenters. The van der Waals surface area contributed by atoms with Gasteiger partial charge in [-0.05, 0) is 50.9 Å². The first-order valence-corrected chi connectivity index (χ1v) is 7.36. The molecule has 0 radical (unpaired) electrons. The lowest BCUT2D eigenvalue weighted by Gasteiger charge is -2.19. The summed E-state index contributed by atoms with van der Waals surface area (Å²) in [5.41, 5.74) is 5.73. The predicted octanol–water partition coefficient (Wildman–Crippen LogP) is 3.69. The van der Waals surface area contributed by atoms with E-state index in [0.29, 0.717) is 6.04 Å². The van der Waals surface area contributed by atoms with Crippen molar-refractivity contribution in [3.63, 3.8) is 0 Å². The molecule has 2 heteroatoms. The van der Waals surface area contributed by atoms with E-state index in [9.17, 15) is 0 Å². The van der Waals surface area contributed by atoms with Crippen molar-refractivity contribution in [2.24, 2.45) is 0 Å². The Bertz CT molecular complexity index is 458. The molecular weight excluding hydrogens is 232 g/mol. The quantitative estimate of drug-likeness (QED) is 0.810. The van der Waals surface area contributed by atoms with E-state index < -0.39 is 0 Å². The zero-order chi connectivity index (χ0) is 13.8. The van der Waals surface area contributed by atoms with Crippen molar-refractivity contribution in [3.05, 3.63) is 41.0 Å². The molecule has 19 heavy (non-hydrogen) atoms. The highest BCUT2D eigenvalue weighted by Gasteiger charge is 2.19. The van der Waals surface area contributed by atoms with Crippen molar-refractivity contribution in [2.75, 3.05) is 24.5 Å². The summed E-state index contributed by atoms with van der Waals surface area (Å²) in [5, 5.41) is 3.48. The maximum atomic E-state index is 3.48. The number of allylic oxidation sites excluding steroid dienone is 1. The molecule has 2 nitrogen and oxygen atoms in total. The molecule has 0 saturated heterocycles. The molecule has 0 amide bonds. The van der Waals surface area contributed by atoms with Gasteiger partial charge in [0.15, 0.2) is 0 Å². The first kappa shape index (κ1) is 14.1. The second kappa shape index (κ2) is 6.25. The lowest BCUT2D eigenvalue weighted by atomic mass is 10.0. The molecule has 0 saturated carbocycles. The number of nitrogens with one attached hydrogen (secondary N) is 1. The standard InChI is InChI=1S/C17H26N2/c1-5-18-14(4)15-6-7-17-16(12-15)9-11-19(17)10-8-13(2)3/h6-8,12,14,18H,5,9-11H2,1-4H3. The zero-order valence-electron chi connectivity index (χ0n) is 12.7. The number of hydrogen-bond donors (Lipinski definition) is 1. The molecule has 0 aliphatic carbocycles. The number of fused-ring (bicyclic) bond motifs is 1. The lowest BCUT2D eigenvalue weighted by molar-refractivity contribution is 0.598. The minimum Gasteiger partial charge on any atom is -0.367 e. The van der Waals surface area contributed by atoms with Gasteiger partial charge < -0.3 is 10.2 Å². The third kappa shape index (κ3) is 3.38. The average molecular weight is 258 g/mol. The van der Waals surface area contributed by atoms with Crippen molar-refractivity contribution >= 4 is 5.69 Å². The second-order valence-corrected chi connectivity index (χ2v) is 5.65. The first-order valence-electron chi connectivity index (χ1n) is 7.36. The molecule has 1 aliphatic rings. The van der Waals surface area contributed by atoms with Gasteiger partial charge >= 0.3 is 0 Å². The number of nitrogens with zero attached hydrogens (tertiary/aromatic N) is 1. The van der Waals surface area contributed by atoms with E-state index >= 15 is 0 Å². The fraction of sp³-hybridized carbons (Fsp3) is 0.529. The number of anilines is 1. The van der Waals surface area contributed by atoms with Gasteiger partial charge in [-0.25, -0.2) is 0 Å². The monoisotopic (exact) mass is 258 g/mol. The Kier molecular flexibility index (Phi) is 4.65. The van der Waals surface area contributed by atoms with E-state index in [1.165, 1.54) is 28.8 Å². The van der Waals surface area contributed by atoms with Gasteiger partial charge in [-0.3, -0.25) is 0 Å². The van der Waals surface area contributed by atoms with Gasteiger partial charge in [-0.1, -0.05) is 30.7 Å². The molecule has 1 aromatic carbocycles. The van der Waals surface area contributed by atoms with Crippen LogP contribution in [0.2, 0.25) is 0 Å². The Morgan fingerprint density at radius 2 is 2.21 bits per heavy atom.